The third kappa shape index (κ3) is 5.82. The molecule has 1 aliphatic rings. The lowest BCUT2D eigenvalue weighted by Gasteiger charge is -2.27. The Morgan fingerprint density at radius 1 is 1.33 bits per heavy atom. The molecule has 1 saturated carbocycles. The van der Waals surface area contributed by atoms with Gasteiger partial charge in [0.2, 0.25) is 5.91 Å². The fourth-order valence-corrected chi connectivity index (χ4v) is 3.38. The average Bonchev–Trinajstić information content (AvgIpc) is 2.90. The molecule has 0 unspecified atom stereocenters. The minimum Gasteiger partial charge on any atom is -0.480 e. The van der Waals surface area contributed by atoms with Crippen molar-refractivity contribution in [2.75, 3.05) is 12.8 Å². The van der Waals surface area contributed by atoms with Gasteiger partial charge in [-0.3, -0.25) is 4.79 Å². The Kier molecular flexibility index (Phi) is 6.80. The number of carboxylic acid groups (broad SMARTS) is 1. The maximum atomic E-state index is 11.8. The average molecular weight is 317 g/mol. The zero-order valence-electron chi connectivity index (χ0n) is 12.2. The first-order chi connectivity index (χ1) is 9.88. The lowest BCUT2D eigenvalue weighted by molar-refractivity contribution is -0.139. The second-order valence-electron chi connectivity index (χ2n) is 5.32. The van der Waals surface area contributed by atoms with Crippen molar-refractivity contribution >= 4 is 29.7 Å². The highest BCUT2D eigenvalue weighted by Crippen LogP contribution is 2.39. The normalized spacial score (nSPS) is 18.0. The first kappa shape index (κ1) is 17.6. The summed E-state index contributed by atoms with van der Waals surface area (Å²) in [5.74, 6) is -1.76. The summed E-state index contributed by atoms with van der Waals surface area (Å²) in [7, 11) is 0. The fourth-order valence-electron chi connectivity index (χ4n) is 2.47. The zero-order valence-corrected chi connectivity index (χ0v) is 13.0. The highest BCUT2D eigenvalue weighted by molar-refractivity contribution is 8.00. The van der Waals surface area contributed by atoms with Gasteiger partial charge in [0.15, 0.2) is 0 Å². The molecule has 120 valence electrons. The van der Waals surface area contributed by atoms with Crippen LogP contribution in [0.3, 0.4) is 0 Å². The molecule has 7 nitrogen and oxygen atoms in total. The number of carboxylic acids is 1. The molecule has 0 radical (unpaired) electrons. The predicted molar refractivity (Wildman–Crippen MR) is 81.1 cm³/mol. The third-order valence-electron chi connectivity index (χ3n) is 3.80. The molecular weight excluding hydrogens is 294 g/mol. The molecule has 1 rings (SSSR count). The van der Waals surface area contributed by atoms with Gasteiger partial charge in [-0.05, 0) is 25.5 Å². The van der Waals surface area contributed by atoms with E-state index in [1.165, 1.54) is 0 Å². The number of rotatable bonds is 8. The van der Waals surface area contributed by atoms with Gasteiger partial charge in [0.05, 0.1) is 0 Å². The summed E-state index contributed by atoms with van der Waals surface area (Å²) in [6.07, 6.45) is 6.35. The lowest BCUT2D eigenvalue weighted by Crippen LogP contribution is -2.49. The van der Waals surface area contributed by atoms with Gasteiger partial charge in [-0.15, -0.1) is 0 Å². The maximum absolute atomic E-state index is 11.8. The summed E-state index contributed by atoms with van der Waals surface area (Å²) >= 11 is 1.74. The van der Waals surface area contributed by atoms with Gasteiger partial charge in [0.25, 0.3) is 0 Å². The van der Waals surface area contributed by atoms with Gasteiger partial charge in [0, 0.05) is 17.7 Å². The van der Waals surface area contributed by atoms with Crippen LogP contribution in [-0.2, 0) is 9.59 Å². The monoisotopic (exact) mass is 317 g/mol. The molecule has 0 bridgehead atoms. The lowest BCUT2D eigenvalue weighted by atomic mass is 10.1. The summed E-state index contributed by atoms with van der Waals surface area (Å²) in [5.41, 5.74) is 4.99. The van der Waals surface area contributed by atoms with Crippen molar-refractivity contribution in [1.82, 2.24) is 10.6 Å². The van der Waals surface area contributed by atoms with Crippen LogP contribution in [0.4, 0.5) is 4.79 Å². The van der Waals surface area contributed by atoms with Crippen LogP contribution >= 0.6 is 11.8 Å². The first-order valence-electron chi connectivity index (χ1n) is 6.99. The Labute approximate surface area is 128 Å². The number of urea groups is 1. The molecule has 0 aromatic carbocycles. The van der Waals surface area contributed by atoms with E-state index in [4.69, 9.17) is 10.8 Å². The van der Waals surface area contributed by atoms with E-state index in [0.29, 0.717) is 6.54 Å². The van der Waals surface area contributed by atoms with Gasteiger partial charge in [-0.25, -0.2) is 9.59 Å². The minimum atomic E-state index is -1.17. The van der Waals surface area contributed by atoms with E-state index in [1.54, 1.807) is 11.8 Å². The molecule has 0 aromatic rings. The fraction of sp³-hybridized carbons (Fsp3) is 0.769. The van der Waals surface area contributed by atoms with Crippen LogP contribution < -0.4 is 16.4 Å². The second-order valence-corrected chi connectivity index (χ2v) is 6.59. The molecule has 1 aliphatic carbocycles. The Bertz CT molecular complexity index is 397. The van der Waals surface area contributed by atoms with Crippen molar-refractivity contribution in [2.45, 2.75) is 49.3 Å². The molecule has 1 fully saturated rings. The van der Waals surface area contributed by atoms with Gasteiger partial charge in [0.1, 0.15) is 6.04 Å². The van der Waals surface area contributed by atoms with Crippen molar-refractivity contribution in [2.24, 2.45) is 5.73 Å². The number of amides is 3. The summed E-state index contributed by atoms with van der Waals surface area (Å²) in [5, 5.41) is 14.1. The first-order valence-corrected chi connectivity index (χ1v) is 8.22. The molecular formula is C13H23N3O4S. The molecule has 0 saturated heterocycles. The Morgan fingerprint density at radius 3 is 2.43 bits per heavy atom. The quantitative estimate of drug-likeness (QED) is 0.524. The summed E-state index contributed by atoms with van der Waals surface area (Å²) in [6.45, 7) is 0.516. The Hall–Kier alpha value is -1.44. The zero-order chi connectivity index (χ0) is 15.9. The van der Waals surface area contributed by atoms with Crippen molar-refractivity contribution in [1.29, 1.82) is 0 Å². The van der Waals surface area contributed by atoms with E-state index < -0.39 is 23.9 Å². The molecule has 0 spiro atoms. The summed E-state index contributed by atoms with van der Waals surface area (Å²) < 4.78 is 0.0588. The SMILES string of the molecule is CSC1(CNC(=O)N[C@@H](CCC(N)=O)C(=O)O)CCCC1. The van der Waals surface area contributed by atoms with Crippen LogP contribution in [0.15, 0.2) is 0 Å². The number of nitrogens with one attached hydrogen (secondary N) is 2. The van der Waals surface area contributed by atoms with Gasteiger partial charge < -0.3 is 21.5 Å². The van der Waals surface area contributed by atoms with E-state index in [9.17, 15) is 14.4 Å². The highest BCUT2D eigenvalue weighted by atomic mass is 32.2. The topological polar surface area (TPSA) is 122 Å². The van der Waals surface area contributed by atoms with Crippen LogP contribution in [0.25, 0.3) is 0 Å². The summed E-state index contributed by atoms with van der Waals surface area (Å²) in [4.78, 5) is 33.5. The van der Waals surface area contributed by atoms with Crippen LogP contribution in [-0.4, -0.2) is 46.6 Å². The van der Waals surface area contributed by atoms with Crippen LogP contribution in [0.2, 0.25) is 0 Å². The number of hydrogen-bond acceptors (Lipinski definition) is 4. The third-order valence-corrected chi connectivity index (χ3v) is 5.22. The van der Waals surface area contributed by atoms with E-state index in [1.807, 2.05) is 6.26 Å². The number of thioether (sulfide) groups is 1. The van der Waals surface area contributed by atoms with Crippen molar-refractivity contribution < 1.29 is 19.5 Å². The number of carbonyl (C=O) groups is 3. The standard InChI is InChI=1S/C13H23N3O4S/c1-21-13(6-2-3-7-13)8-15-12(20)16-9(11(18)19)4-5-10(14)17/h9H,2-8H2,1H3,(H2,14,17)(H,18,19)(H2,15,16,20)/t9-/m0/s1. The van der Waals surface area contributed by atoms with Crippen molar-refractivity contribution in [3.8, 4) is 0 Å². The maximum Gasteiger partial charge on any atom is 0.326 e. The van der Waals surface area contributed by atoms with Crippen LogP contribution in [0, 0.1) is 0 Å². The number of carbonyl (C=O) groups excluding carboxylic acids is 2. The molecule has 3 amide bonds. The van der Waals surface area contributed by atoms with Crippen molar-refractivity contribution in [3.05, 3.63) is 0 Å². The van der Waals surface area contributed by atoms with Gasteiger partial charge in [-0.1, -0.05) is 12.8 Å². The largest absolute Gasteiger partial charge is 0.480 e. The second kappa shape index (κ2) is 8.11. The molecule has 8 heteroatoms. The van der Waals surface area contributed by atoms with Crippen LogP contribution in [0.5, 0.6) is 0 Å². The highest BCUT2D eigenvalue weighted by Gasteiger charge is 2.33. The van der Waals surface area contributed by atoms with Crippen molar-refractivity contribution in [3.63, 3.8) is 0 Å². The molecule has 0 aliphatic heterocycles. The van der Waals surface area contributed by atoms with E-state index in [-0.39, 0.29) is 17.6 Å². The molecule has 0 heterocycles. The van der Waals surface area contributed by atoms with Gasteiger partial charge in [-0.2, -0.15) is 11.8 Å². The smallest absolute Gasteiger partial charge is 0.326 e. The Morgan fingerprint density at radius 2 is 1.95 bits per heavy atom. The molecule has 21 heavy (non-hydrogen) atoms. The Balaban J connectivity index is 2.42. The minimum absolute atomic E-state index is 0.00818. The molecule has 0 aromatic heterocycles. The van der Waals surface area contributed by atoms with Crippen LogP contribution in [0.1, 0.15) is 38.5 Å². The van der Waals surface area contributed by atoms with E-state index in [0.717, 1.165) is 25.7 Å². The van der Waals surface area contributed by atoms with E-state index in [2.05, 4.69) is 10.6 Å². The number of nitrogens with two attached hydrogens (primary N) is 1. The predicted octanol–water partition coefficient (Wildman–Crippen LogP) is 0.680. The van der Waals surface area contributed by atoms with E-state index >= 15 is 0 Å². The molecule has 5 N–H and O–H groups in total. The number of aliphatic carboxylic acids is 1. The number of hydrogen-bond donors (Lipinski definition) is 4. The molecule has 1 atom stereocenters. The number of primary amides is 1. The summed E-state index contributed by atoms with van der Waals surface area (Å²) in [6, 6.07) is -1.63. The van der Waals surface area contributed by atoms with Gasteiger partial charge >= 0.3 is 12.0 Å².